The molecule has 0 bridgehead atoms. The molecule has 1 rings (SSSR count). The second kappa shape index (κ2) is 6.95. The van der Waals surface area contributed by atoms with Crippen molar-refractivity contribution in [3.05, 3.63) is 47.7 Å². The number of nitrogens with zero attached hydrogens (tertiary/aromatic N) is 1. The molecule has 1 aromatic carbocycles. The van der Waals surface area contributed by atoms with E-state index in [9.17, 15) is 18.3 Å². The SMILES string of the molecule is C=C(C)/C(O)=C(\C#N)C(=S)Nc1ccc(OC(F)(F)F)cc1. The van der Waals surface area contributed by atoms with Gasteiger partial charge in [-0.05, 0) is 36.8 Å². The maximum atomic E-state index is 12.0. The van der Waals surface area contributed by atoms with Crippen LogP contribution in [0.4, 0.5) is 18.9 Å². The van der Waals surface area contributed by atoms with E-state index in [0.29, 0.717) is 5.69 Å². The molecule has 1 aromatic rings. The summed E-state index contributed by atoms with van der Waals surface area (Å²) in [6, 6.07) is 6.50. The first-order chi connectivity index (χ1) is 10.1. The van der Waals surface area contributed by atoms with E-state index in [-0.39, 0.29) is 27.6 Å². The number of thiocarbonyl (C=S) groups is 1. The summed E-state index contributed by atoms with van der Waals surface area (Å²) in [4.78, 5) is -0.0764. The van der Waals surface area contributed by atoms with Gasteiger partial charge < -0.3 is 15.2 Å². The average molecular weight is 328 g/mol. The van der Waals surface area contributed by atoms with Gasteiger partial charge in [0.1, 0.15) is 28.1 Å². The minimum absolute atomic E-state index is 0.0764. The van der Waals surface area contributed by atoms with Crippen molar-refractivity contribution >= 4 is 22.9 Å². The Morgan fingerprint density at radius 3 is 2.32 bits per heavy atom. The maximum absolute atomic E-state index is 12.0. The van der Waals surface area contributed by atoms with E-state index in [1.807, 2.05) is 0 Å². The molecular formula is C14H11F3N2O2S. The molecule has 2 N–H and O–H groups in total. The molecule has 0 unspecified atom stereocenters. The van der Waals surface area contributed by atoms with Gasteiger partial charge in [-0.1, -0.05) is 18.8 Å². The number of hydrogen-bond donors (Lipinski definition) is 2. The molecule has 116 valence electrons. The molecule has 0 spiro atoms. The van der Waals surface area contributed by atoms with Gasteiger partial charge >= 0.3 is 6.36 Å². The summed E-state index contributed by atoms with van der Waals surface area (Å²) in [6.07, 6.45) is -4.77. The van der Waals surface area contributed by atoms with Crippen molar-refractivity contribution < 1.29 is 23.0 Å². The van der Waals surface area contributed by atoms with Crippen LogP contribution in [0.5, 0.6) is 5.75 Å². The van der Waals surface area contributed by atoms with Crippen molar-refractivity contribution in [3.63, 3.8) is 0 Å². The lowest BCUT2D eigenvalue weighted by atomic mass is 10.1. The number of ether oxygens (including phenoxy) is 1. The summed E-state index contributed by atoms with van der Waals surface area (Å²) < 4.78 is 39.8. The van der Waals surface area contributed by atoms with Crippen LogP contribution in [-0.4, -0.2) is 16.5 Å². The fourth-order valence-corrected chi connectivity index (χ4v) is 1.62. The van der Waals surface area contributed by atoms with E-state index in [2.05, 4.69) is 16.6 Å². The van der Waals surface area contributed by atoms with Crippen molar-refractivity contribution in [2.24, 2.45) is 0 Å². The number of hydrogen-bond acceptors (Lipinski definition) is 4. The van der Waals surface area contributed by atoms with Crippen LogP contribution in [0.15, 0.2) is 47.7 Å². The second-order valence-corrected chi connectivity index (χ2v) is 4.55. The van der Waals surface area contributed by atoms with E-state index in [1.54, 1.807) is 6.07 Å². The number of nitriles is 1. The highest BCUT2D eigenvalue weighted by Gasteiger charge is 2.30. The summed E-state index contributed by atoms with van der Waals surface area (Å²) >= 11 is 4.97. The number of halogens is 3. The van der Waals surface area contributed by atoms with Gasteiger partial charge in [0.15, 0.2) is 0 Å². The fourth-order valence-electron chi connectivity index (χ4n) is 1.36. The Bertz CT molecular complexity index is 658. The van der Waals surface area contributed by atoms with Gasteiger partial charge in [-0.2, -0.15) is 5.26 Å². The van der Waals surface area contributed by atoms with Gasteiger partial charge in [0.2, 0.25) is 0 Å². The predicted octanol–water partition coefficient (Wildman–Crippen LogP) is 4.24. The lowest BCUT2D eigenvalue weighted by molar-refractivity contribution is -0.274. The molecule has 0 fully saturated rings. The van der Waals surface area contributed by atoms with Crippen LogP contribution in [0.1, 0.15) is 6.92 Å². The van der Waals surface area contributed by atoms with Crippen molar-refractivity contribution in [1.82, 2.24) is 0 Å². The van der Waals surface area contributed by atoms with Gasteiger partial charge in [-0.15, -0.1) is 13.2 Å². The normalized spacial score (nSPS) is 12.0. The number of allylic oxidation sites excluding steroid dienone is 1. The summed E-state index contributed by atoms with van der Waals surface area (Å²) in [5, 5.41) is 21.3. The van der Waals surface area contributed by atoms with Crippen LogP contribution < -0.4 is 10.1 Å². The number of rotatable bonds is 4. The molecule has 22 heavy (non-hydrogen) atoms. The highest BCUT2D eigenvalue weighted by atomic mass is 32.1. The molecule has 0 aliphatic heterocycles. The lowest BCUT2D eigenvalue weighted by Crippen LogP contribution is -2.17. The molecule has 0 heterocycles. The summed E-state index contributed by atoms with van der Waals surface area (Å²) in [7, 11) is 0. The van der Waals surface area contributed by atoms with Gasteiger partial charge in [0.05, 0.1) is 0 Å². The Kier molecular flexibility index (Phi) is 5.54. The highest BCUT2D eigenvalue weighted by molar-refractivity contribution is 7.81. The highest BCUT2D eigenvalue weighted by Crippen LogP contribution is 2.24. The fraction of sp³-hybridized carbons (Fsp3) is 0.143. The third-order valence-corrected chi connectivity index (χ3v) is 2.63. The van der Waals surface area contributed by atoms with Gasteiger partial charge in [0, 0.05) is 5.69 Å². The Balaban J connectivity index is 2.88. The van der Waals surface area contributed by atoms with Gasteiger partial charge in [0.25, 0.3) is 0 Å². The first kappa shape index (κ1) is 17.5. The molecule has 0 radical (unpaired) electrons. The van der Waals surface area contributed by atoms with Crippen molar-refractivity contribution in [2.75, 3.05) is 5.32 Å². The van der Waals surface area contributed by atoms with Gasteiger partial charge in [-0.25, -0.2) is 0 Å². The van der Waals surface area contributed by atoms with Crippen LogP contribution in [-0.2, 0) is 0 Å². The second-order valence-electron chi connectivity index (χ2n) is 4.14. The number of anilines is 1. The monoisotopic (exact) mass is 328 g/mol. The molecule has 0 aliphatic carbocycles. The van der Waals surface area contributed by atoms with Crippen molar-refractivity contribution in [2.45, 2.75) is 13.3 Å². The minimum atomic E-state index is -4.77. The number of nitrogens with one attached hydrogen (secondary N) is 1. The number of aliphatic hydroxyl groups is 1. The summed E-state index contributed by atoms with van der Waals surface area (Å²) in [5.74, 6) is -0.734. The molecule has 4 nitrogen and oxygen atoms in total. The number of benzene rings is 1. The van der Waals surface area contributed by atoms with Crippen LogP contribution in [0.2, 0.25) is 0 Å². The zero-order valence-electron chi connectivity index (χ0n) is 11.4. The van der Waals surface area contributed by atoms with Gasteiger partial charge in [-0.3, -0.25) is 0 Å². The standard InChI is InChI=1S/C14H11F3N2O2S/c1-8(2)12(20)11(7-18)13(22)19-9-3-5-10(6-4-9)21-14(15,16)17/h3-6,20H,1H2,2H3,(H,19,22)/b12-11-. The van der Waals surface area contributed by atoms with E-state index in [1.165, 1.54) is 19.1 Å². The zero-order valence-corrected chi connectivity index (χ0v) is 12.2. The Hall–Kier alpha value is -2.53. The zero-order chi connectivity index (χ0) is 16.9. The summed E-state index contributed by atoms with van der Waals surface area (Å²) in [6.45, 7) is 4.99. The molecular weight excluding hydrogens is 317 g/mol. The van der Waals surface area contributed by atoms with Crippen LogP contribution >= 0.6 is 12.2 Å². The first-order valence-electron chi connectivity index (χ1n) is 5.80. The molecule has 0 saturated carbocycles. The lowest BCUT2D eigenvalue weighted by Gasteiger charge is -2.11. The Morgan fingerprint density at radius 1 is 1.36 bits per heavy atom. The van der Waals surface area contributed by atoms with E-state index in [4.69, 9.17) is 17.5 Å². The first-order valence-corrected chi connectivity index (χ1v) is 6.21. The molecule has 0 atom stereocenters. The minimum Gasteiger partial charge on any atom is -0.506 e. The maximum Gasteiger partial charge on any atom is 0.573 e. The van der Waals surface area contributed by atoms with Crippen LogP contribution in [0.3, 0.4) is 0 Å². The van der Waals surface area contributed by atoms with E-state index >= 15 is 0 Å². The number of alkyl halides is 3. The number of aliphatic hydroxyl groups excluding tert-OH is 1. The summed E-state index contributed by atoms with van der Waals surface area (Å²) in [5.41, 5.74) is 0.412. The smallest absolute Gasteiger partial charge is 0.506 e. The Morgan fingerprint density at radius 2 is 1.91 bits per heavy atom. The Labute approximate surface area is 130 Å². The molecule has 0 aliphatic rings. The average Bonchev–Trinajstić information content (AvgIpc) is 2.40. The topological polar surface area (TPSA) is 65.3 Å². The molecule has 0 aromatic heterocycles. The largest absolute Gasteiger partial charge is 0.573 e. The quantitative estimate of drug-likeness (QED) is 0.285. The molecule has 0 amide bonds. The van der Waals surface area contributed by atoms with E-state index in [0.717, 1.165) is 12.1 Å². The van der Waals surface area contributed by atoms with Crippen LogP contribution in [0, 0.1) is 11.3 Å². The van der Waals surface area contributed by atoms with E-state index < -0.39 is 6.36 Å². The third kappa shape index (κ3) is 5.10. The molecule has 0 saturated heterocycles. The van der Waals surface area contributed by atoms with Crippen molar-refractivity contribution in [3.8, 4) is 11.8 Å². The van der Waals surface area contributed by atoms with Crippen LogP contribution in [0.25, 0.3) is 0 Å². The third-order valence-electron chi connectivity index (χ3n) is 2.33. The molecule has 8 heteroatoms. The predicted molar refractivity (Wildman–Crippen MR) is 79.4 cm³/mol. The van der Waals surface area contributed by atoms with Crippen molar-refractivity contribution in [1.29, 1.82) is 5.26 Å².